The predicted octanol–water partition coefficient (Wildman–Crippen LogP) is 2.46. The summed E-state index contributed by atoms with van der Waals surface area (Å²) in [6, 6.07) is 5.50. The molecule has 1 rings (SSSR count). The zero-order valence-electron chi connectivity index (χ0n) is 9.74. The molecule has 0 fully saturated rings. The van der Waals surface area contributed by atoms with Crippen LogP contribution in [0.15, 0.2) is 16.6 Å². The minimum Gasteiger partial charge on any atom is -0.493 e. The van der Waals surface area contributed by atoms with Gasteiger partial charge in [0.05, 0.1) is 36.8 Å². The number of hydrogen-bond acceptors (Lipinski definition) is 4. The van der Waals surface area contributed by atoms with E-state index in [2.05, 4.69) is 15.9 Å². The third-order valence-corrected chi connectivity index (χ3v) is 2.87. The summed E-state index contributed by atoms with van der Waals surface area (Å²) in [5.41, 5.74) is 0.696. The van der Waals surface area contributed by atoms with Crippen LogP contribution in [-0.2, 0) is 0 Å². The molecule has 17 heavy (non-hydrogen) atoms. The zero-order valence-corrected chi connectivity index (χ0v) is 11.3. The van der Waals surface area contributed by atoms with Gasteiger partial charge in [0, 0.05) is 0 Å². The smallest absolute Gasteiger partial charge is 0.175 e. The standard InChI is InChI=1S/C12H14BrNO3/c1-3-17-12-10(13)4-8(5-11(12)16-2)9(6-14)7-15/h4-5,9,15H,3,7H2,1-2H3. The Balaban J connectivity index is 3.22. The number of rotatable bonds is 5. The number of benzene rings is 1. The van der Waals surface area contributed by atoms with E-state index in [9.17, 15) is 0 Å². The molecule has 5 heteroatoms. The topological polar surface area (TPSA) is 62.5 Å². The molecule has 0 amide bonds. The highest BCUT2D eigenvalue weighted by Crippen LogP contribution is 2.38. The van der Waals surface area contributed by atoms with Gasteiger partial charge in [0.15, 0.2) is 11.5 Å². The maximum absolute atomic E-state index is 9.10. The first-order valence-corrected chi connectivity index (χ1v) is 5.97. The summed E-state index contributed by atoms with van der Waals surface area (Å²) in [4.78, 5) is 0. The van der Waals surface area contributed by atoms with Crippen LogP contribution in [0, 0.1) is 11.3 Å². The van der Waals surface area contributed by atoms with Crippen molar-refractivity contribution >= 4 is 15.9 Å². The number of methoxy groups -OCH3 is 1. The van der Waals surface area contributed by atoms with Gasteiger partial charge in [0.1, 0.15) is 0 Å². The molecular weight excluding hydrogens is 286 g/mol. The molecule has 0 aliphatic carbocycles. The molecule has 0 bridgehead atoms. The lowest BCUT2D eigenvalue weighted by atomic mass is 10.0. The van der Waals surface area contributed by atoms with E-state index in [1.165, 1.54) is 7.11 Å². The van der Waals surface area contributed by atoms with E-state index >= 15 is 0 Å². The number of hydrogen-bond donors (Lipinski definition) is 1. The van der Waals surface area contributed by atoms with Crippen LogP contribution in [-0.4, -0.2) is 25.4 Å². The molecule has 0 aromatic heterocycles. The highest BCUT2D eigenvalue weighted by molar-refractivity contribution is 9.10. The zero-order chi connectivity index (χ0) is 12.8. The van der Waals surface area contributed by atoms with Crippen LogP contribution in [0.25, 0.3) is 0 Å². The van der Waals surface area contributed by atoms with Crippen LogP contribution >= 0.6 is 15.9 Å². The van der Waals surface area contributed by atoms with Gasteiger partial charge in [0.25, 0.3) is 0 Å². The van der Waals surface area contributed by atoms with Crippen molar-refractivity contribution in [3.8, 4) is 17.6 Å². The Hall–Kier alpha value is -1.25. The van der Waals surface area contributed by atoms with Gasteiger partial charge in [-0.2, -0.15) is 5.26 Å². The maximum Gasteiger partial charge on any atom is 0.175 e. The molecular formula is C12H14BrNO3. The van der Waals surface area contributed by atoms with E-state index in [-0.39, 0.29) is 6.61 Å². The maximum atomic E-state index is 9.10. The van der Waals surface area contributed by atoms with E-state index in [4.69, 9.17) is 19.8 Å². The van der Waals surface area contributed by atoms with Gasteiger partial charge in [-0.3, -0.25) is 0 Å². The van der Waals surface area contributed by atoms with Crippen molar-refractivity contribution in [2.24, 2.45) is 0 Å². The van der Waals surface area contributed by atoms with Gasteiger partial charge < -0.3 is 14.6 Å². The second kappa shape index (κ2) is 6.48. The van der Waals surface area contributed by atoms with Crippen LogP contribution in [0.2, 0.25) is 0 Å². The van der Waals surface area contributed by atoms with Gasteiger partial charge >= 0.3 is 0 Å². The van der Waals surface area contributed by atoms with Gasteiger partial charge in [-0.1, -0.05) is 0 Å². The Morgan fingerprint density at radius 2 is 2.24 bits per heavy atom. The van der Waals surface area contributed by atoms with E-state index in [0.29, 0.717) is 28.1 Å². The van der Waals surface area contributed by atoms with Crippen molar-refractivity contribution in [1.82, 2.24) is 0 Å². The van der Waals surface area contributed by atoms with Crippen molar-refractivity contribution < 1.29 is 14.6 Å². The molecule has 1 atom stereocenters. The highest BCUT2D eigenvalue weighted by Gasteiger charge is 2.16. The lowest BCUT2D eigenvalue weighted by molar-refractivity contribution is 0.284. The first kappa shape index (κ1) is 13.8. The monoisotopic (exact) mass is 299 g/mol. The van der Waals surface area contributed by atoms with E-state index < -0.39 is 5.92 Å². The lowest BCUT2D eigenvalue weighted by Crippen LogP contribution is -2.03. The fourth-order valence-corrected chi connectivity index (χ4v) is 2.02. The fraction of sp³-hybridized carbons (Fsp3) is 0.417. The Bertz CT molecular complexity index is 428. The summed E-state index contributed by atoms with van der Waals surface area (Å²) in [5.74, 6) is 0.592. The summed E-state index contributed by atoms with van der Waals surface area (Å²) in [6.45, 7) is 2.18. The third kappa shape index (κ3) is 3.11. The van der Waals surface area contributed by atoms with Gasteiger partial charge in [0.2, 0.25) is 0 Å². The minimum absolute atomic E-state index is 0.222. The van der Waals surface area contributed by atoms with E-state index in [1.807, 2.05) is 13.0 Å². The fourth-order valence-electron chi connectivity index (χ4n) is 1.45. The predicted molar refractivity (Wildman–Crippen MR) is 67.3 cm³/mol. The van der Waals surface area contributed by atoms with Gasteiger partial charge in [-0.15, -0.1) is 0 Å². The first-order valence-electron chi connectivity index (χ1n) is 5.18. The van der Waals surface area contributed by atoms with E-state index in [1.54, 1.807) is 12.1 Å². The number of ether oxygens (including phenoxy) is 2. The van der Waals surface area contributed by atoms with Crippen LogP contribution in [0.4, 0.5) is 0 Å². The average Bonchev–Trinajstić information content (AvgIpc) is 2.33. The van der Waals surface area contributed by atoms with Crippen molar-refractivity contribution in [3.05, 3.63) is 22.2 Å². The molecule has 1 aromatic carbocycles. The molecule has 1 N–H and O–H groups in total. The minimum atomic E-state index is -0.559. The summed E-state index contributed by atoms with van der Waals surface area (Å²) >= 11 is 3.37. The van der Waals surface area contributed by atoms with Crippen molar-refractivity contribution in [2.45, 2.75) is 12.8 Å². The van der Waals surface area contributed by atoms with E-state index in [0.717, 1.165) is 0 Å². The highest BCUT2D eigenvalue weighted by atomic mass is 79.9. The molecule has 0 aliphatic rings. The molecule has 0 heterocycles. The van der Waals surface area contributed by atoms with Crippen LogP contribution in [0.1, 0.15) is 18.4 Å². The van der Waals surface area contributed by atoms with Crippen molar-refractivity contribution in [3.63, 3.8) is 0 Å². The summed E-state index contributed by atoms with van der Waals surface area (Å²) in [7, 11) is 1.54. The second-order valence-corrected chi connectivity index (χ2v) is 4.19. The largest absolute Gasteiger partial charge is 0.493 e. The van der Waals surface area contributed by atoms with Gasteiger partial charge in [-0.05, 0) is 40.5 Å². The van der Waals surface area contributed by atoms with Crippen molar-refractivity contribution in [1.29, 1.82) is 5.26 Å². The second-order valence-electron chi connectivity index (χ2n) is 3.33. The SMILES string of the molecule is CCOc1c(Br)cc(C(C#N)CO)cc1OC. The number of halogens is 1. The number of aliphatic hydroxyl groups excluding tert-OH is 1. The molecule has 0 aliphatic heterocycles. The Kier molecular flexibility index (Phi) is 5.26. The number of aliphatic hydroxyl groups is 1. The lowest BCUT2D eigenvalue weighted by Gasteiger charge is -2.14. The molecule has 0 radical (unpaired) electrons. The Labute approximate surface area is 109 Å². The van der Waals surface area contributed by atoms with Crippen molar-refractivity contribution in [2.75, 3.05) is 20.3 Å². The van der Waals surface area contributed by atoms with Gasteiger partial charge in [-0.25, -0.2) is 0 Å². The van der Waals surface area contributed by atoms with Crippen LogP contribution < -0.4 is 9.47 Å². The third-order valence-electron chi connectivity index (χ3n) is 2.28. The molecule has 0 saturated heterocycles. The quantitative estimate of drug-likeness (QED) is 0.907. The normalized spacial score (nSPS) is 11.7. The number of nitriles is 1. The Morgan fingerprint density at radius 1 is 1.53 bits per heavy atom. The first-order chi connectivity index (χ1) is 8.17. The van der Waals surface area contributed by atoms with Crippen LogP contribution in [0.5, 0.6) is 11.5 Å². The molecule has 1 unspecified atom stereocenters. The molecule has 1 aromatic rings. The summed E-state index contributed by atoms with van der Waals surface area (Å²) in [5, 5.41) is 18.0. The molecule has 92 valence electrons. The average molecular weight is 300 g/mol. The molecule has 0 saturated carbocycles. The summed E-state index contributed by atoms with van der Waals surface area (Å²) < 4.78 is 11.4. The Morgan fingerprint density at radius 3 is 2.71 bits per heavy atom. The van der Waals surface area contributed by atoms with Crippen LogP contribution in [0.3, 0.4) is 0 Å². The molecule has 0 spiro atoms. The molecule has 4 nitrogen and oxygen atoms in total. The summed E-state index contributed by atoms with van der Waals surface area (Å²) in [6.07, 6.45) is 0. The number of nitrogens with zero attached hydrogens (tertiary/aromatic N) is 1.